The number of nitrogens with zero attached hydrogens (tertiary/aromatic N) is 2. The molecule has 0 bridgehead atoms. The standard InChI is InChI=1S/C20H25N3O5S/c1-15-9-11-17(12-10-15)6-5-13-21-20(24)14-22(29(3,27)28)18-7-4-8-19(16(18)2)23(25)26/h4,7-12H,5-6,13-14H2,1-3H3,(H,21,24). The van der Waals surface area contributed by atoms with Gasteiger partial charge in [-0.05, 0) is 38.3 Å². The monoisotopic (exact) mass is 419 g/mol. The van der Waals surface area contributed by atoms with Crippen molar-refractivity contribution in [2.75, 3.05) is 23.7 Å². The Morgan fingerprint density at radius 3 is 2.38 bits per heavy atom. The Hall–Kier alpha value is -2.94. The number of aryl methyl sites for hydroxylation is 2. The van der Waals surface area contributed by atoms with Crippen LogP contribution in [0, 0.1) is 24.0 Å². The van der Waals surface area contributed by atoms with Gasteiger partial charge in [-0.3, -0.25) is 19.2 Å². The van der Waals surface area contributed by atoms with Crippen molar-refractivity contribution in [1.29, 1.82) is 0 Å². The fourth-order valence-corrected chi connectivity index (χ4v) is 3.83. The quantitative estimate of drug-likeness (QED) is 0.382. The normalized spacial score (nSPS) is 11.1. The van der Waals surface area contributed by atoms with E-state index in [-0.39, 0.29) is 16.9 Å². The number of anilines is 1. The summed E-state index contributed by atoms with van der Waals surface area (Å²) in [5.74, 6) is -0.467. The van der Waals surface area contributed by atoms with Crippen LogP contribution in [0.5, 0.6) is 0 Å². The van der Waals surface area contributed by atoms with Crippen LogP contribution in [0.1, 0.15) is 23.1 Å². The maximum atomic E-state index is 12.3. The van der Waals surface area contributed by atoms with Gasteiger partial charge in [-0.15, -0.1) is 0 Å². The van der Waals surface area contributed by atoms with Crippen LogP contribution in [0.4, 0.5) is 11.4 Å². The van der Waals surface area contributed by atoms with E-state index in [1.165, 1.54) is 30.7 Å². The third-order valence-electron chi connectivity index (χ3n) is 4.51. The molecule has 0 atom stereocenters. The number of nitrogens with one attached hydrogen (secondary N) is 1. The van der Waals surface area contributed by atoms with Crippen molar-refractivity contribution < 1.29 is 18.1 Å². The van der Waals surface area contributed by atoms with E-state index in [9.17, 15) is 23.3 Å². The maximum Gasteiger partial charge on any atom is 0.274 e. The second-order valence-electron chi connectivity index (χ2n) is 6.89. The highest BCUT2D eigenvalue weighted by Crippen LogP contribution is 2.29. The van der Waals surface area contributed by atoms with E-state index in [1.54, 1.807) is 0 Å². The second kappa shape index (κ2) is 9.51. The van der Waals surface area contributed by atoms with E-state index in [0.717, 1.165) is 22.5 Å². The predicted molar refractivity (Wildman–Crippen MR) is 113 cm³/mol. The molecule has 0 radical (unpaired) electrons. The lowest BCUT2D eigenvalue weighted by Gasteiger charge is -2.23. The fraction of sp³-hybridized carbons (Fsp3) is 0.350. The minimum atomic E-state index is -3.81. The smallest absolute Gasteiger partial charge is 0.274 e. The summed E-state index contributed by atoms with van der Waals surface area (Å²) in [5.41, 5.74) is 2.45. The molecule has 1 amide bonds. The van der Waals surface area contributed by atoms with Crippen molar-refractivity contribution in [3.05, 3.63) is 69.3 Å². The average Bonchev–Trinajstić information content (AvgIpc) is 2.64. The van der Waals surface area contributed by atoms with Gasteiger partial charge in [0.15, 0.2) is 0 Å². The van der Waals surface area contributed by atoms with Gasteiger partial charge >= 0.3 is 0 Å². The first-order valence-electron chi connectivity index (χ1n) is 9.13. The molecule has 0 spiro atoms. The summed E-state index contributed by atoms with van der Waals surface area (Å²) in [6.45, 7) is 3.44. The lowest BCUT2D eigenvalue weighted by molar-refractivity contribution is -0.385. The van der Waals surface area contributed by atoms with Gasteiger partial charge in [-0.25, -0.2) is 8.42 Å². The second-order valence-corrected chi connectivity index (χ2v) is 8.79. The zero-order valence-corrected chi connectivity index (χ0v) is 17.5. The number of sulfonamides is 1. The van der Waals surface area contributed by atoms with Gasteiger partial charge in [0.1, 0.15) is 6.54 Å². The van der Waals surface area contributed by atoms with Crippen LogP contribution in [0.3, 0.4) is 0 Å². The van der Waals surface area contributed by atoms with Crippen LogP contribution >= 0.6 is 0 Å². The Kier molecular flexibility index (Phi) is 7.33. The summed E-state index contributed by atoms with van der Waals surface area (Å²) in [4.78, 5) is 22.9. The zero-order chi connectivity index (χ0) is 21.6. The molecule has 0 unspecified atom stereocenters. The molecule has 8 nitrogen and oxygen atoms in total. The van der Waals surface area contributed by atoms with Gasteiger partial charge < -0.3 is 5.32 Å². The molecule has 2 rings (SSSR count). The van der Waals surface area contributed by atoms with Crippen molar-refractivity contribution in [2.24, 2.45) is 0 Å². The molecule has 0 fully saturated rings. The third kappa shape index (κ3) is 6.28. The van der Waals surface area contributed by atoms with Crippen LogP contribution < -0.4 is 9.62 Å². The van der Waals surface area contributed by atoms with Crippen LogP contribution in [0.15, 0.2) is 42.5 Å². The third-order valence-corrected chi connectivity index (χ3v) is 5.64. The number of carbonyl (C=O) groups is 1. The van der Waals surface area contributed by atoms with Crippen LogP contribution in [0.2, 0.25) is 0 Å². The summed E-state index contributed by atoms with van der Waals surface area (Å²) in [5, 5.41) is 13.9. The molecule has 0 aromatic heterocycles. The summed E-state index contributed by atoms with van der Waals surface area (Å²) in [6.07, 6.45) is 2.47. The van der Waals surface area contributed by atoms with Gasteiger partial charge in [0.05, 0.1) is 22.4 Å². The Labute approximate surface area is 170 Å². The number of nitro groups is 1. The highest BCUT2D eigenvalue weighted by Gasteiger charge is 2.25. The fourth-order valence-electron chi connectivity index (χ4n) is 2.92. The summed E-state index contributed by atoms with van der Waals surface area (Å²) >= 11 is 0. The topological polar surface area (TPSA) is 110 Å². The van der Waals surface area contributed by atoms with E-state index >= 15 is 0 Å². The molecule has 0 saturated heterocycles. The van der Waals surface area contributed by atoms with Crippen molar-refractivity contribution in [3.63, 3.8) is 0 Å². The van der Waals surface area contributed by atoms with Crippen LogP contribution in [-0.2, 0) is 21.2 Å². The Bertz CT molecular complexity index is 988. The first kappa shape index (κ1) is 22.4. The van der Waals surface area contributed by atoms with E-state index in [4.69, 9.17) is 0 Å². The summed E-state index contributed by atoms with van der Waals surface area (Å²) in [7, 11) is -3.81. The van der Waals surface area contributed by atoms with Gasteiger partial charge in [-0.2, -0.15) is 0 Å². The van der Waals surface area contributed by atoms with Gasteiger partial charge in [0.2, 0.25) is 15.9 Å². The molecule has 0 aliphatic carbocycles. The SMILES string of the molecule is Cc1ccc(CCCNC(=O)CN(c2cccc([N+](=O)[O-])c2C)S(C)(=O)=O)cc1. The van der Waals surface area contributed by atoms with E-state index in [1.807, 2.05) is 31.2 Å². The van der Waals surface area contributed by atoms with Gasteiger partial charge in [-0.1, -0.05) is 35.9 Å². The lowest BCUT2D eigenvalue weighted by Crippen LogP contribution is -2.41. The van der Waals surface area contributed by atoms with E-state index < -0.39 is 27.4 Å². The molecule has 2 aromatic carbocycles. The number of nitro benzene ring substituents is 1. The molecular weight excluding hydrogens is 394 g/mol. The molecule has 156 valence electrons. The van der Waals surface area contributed by atoms with Crippen molar-refractivity contribution in [3.8, 4) is 0 Å². The molecule has 0 aliphatic heterocycles. The average molecular weight is 420 g/mol. The number of benzene rings is 2. The zero-order valence-electron chi connectivity index (χ0n) is 16.7. The molecule has 0 aliphatic rings. The van der Waals surface area contributed by atoms with Crippen LogP contribution in [-0.4, -0.2) is 38.6 Å². The number of amides is 1. The Balaban J connectivity index is 2.02. The summed E-state index contributed by atoms with van der Waals surface area (Å²) < 4.78 is 25.3. The Morgan fingerprint density at radius 2 is 1.79 bits per heavy atom. The minimum Gasteiger partial charge on any atom is -0.355 e. The van der Waals surface area contributed by atoms with Gasteiger partial charge in [0.25, 0.3) is 5.69 Å². The minimum absolute atomic E-state index is 0.122. The largest absolute Gasteiger partial charge is 0.355 e. The highest BCUT2D eigenvalue weighted by molar-refractivity contribution is 7.92. The van der Waals surface area contributed by atoms with Crippen LogP contribution in [0.25, 0.3) is 0 Å². The maximum absolute atomic E-state index is 12.3. The predicted octanol–water partition coefficient (Wildman–Crippen LogP) is 2.73. The molecule has 1 N–H and O–H groups in total. The molecule has 2 aromatic rings. The number of hydrogen-bond acceptors (Lipinski definition) is 5. The molecule has 0 saturated carbocycles. The van der Waals surface area contributed by atoms with Crippen molar-refractivity contribution in [1.82, 2.24) is 5.32 Å². The number of carbonyl (C=O) groups excluding carboxylic acids is 1. The number of hydrogen-bond donors (Lipinski definition) is 1. The van der Waals surface area contributed by atoms with Crippen molar-refractivity contribution >= 4 is 27.3 Å². The van der Waals surface area contributed by atoms with Gasteiger partial charge in [0, 0.05) is 12.6 Å². The lowest BCUT2D eigenvalue weighted by atomic mass is 10.1. The van der Waals surface area contributed by atoms with E-state index in [2.05, 4.69) is 5.32 Å². The summed E-state index contributed by atoms with van der Waals surface area (Å²) in [6, 6.07) is 12.3. The Morgan fingerprint density at radius 1 is 1.14 bits per heavy atom. The molecule has 29 heavy (non-hydrogen) atoms. The molecule has 0 heterocycles. The first-order valence-corrected chi connectivity index (χ1v) is 11.0. The number of rotatable bonds is 9. The first-order chi connectivity index (χ1) is 13.6. The molecule has 9 heteroatoms. The highest BCUT2D eigenvalue weighted by atomic mass is 32.2. The molecular formula is C20H25N3O5S. The van der Waals surface area contributed by atoms with E-state index in [0.29, 0.717) is 13.0 Å². The van der Waals surface area contributed by atoms with Crippen molar-refractivity contribution in [2.45, 2.75) is 26.7 Å².